The molecule has 2 N–H and O–H groups in total. The van der Waals surface area contributed by atoms with E-state index in [4.69, 9.17) is 0 Å². The van der Waals surface area contributed by atoms with Crippen LogP contribution in [0.15, 0.2) is 42.5 Å². The number of nitrogens with one attached hydrogen (secondary N) is 1. The van der Waals surface area contributed by atoms with E-state index < -0.39 is 0 Å². The maximum Gasteiger partial charge on any atom is 0.259 e. The van der Waals surface area contributed by atoms with Crippen molar-refractivity contribution in [2.24, 2.45) is 0 Å². The van der Waals surface area contributed by atoms with Gasteiger partial charge in [0.05, 0.1) is 5.56 Å². The van der Waals surface area contributed by atoms with Gasteiger partial charge in [-0.2, -0.15) is 0 Å². The van der Waals surface area contributed by atoms with Crippen LogP contribution in [0.5, 0.6) is 5.75 Å². The molecule has 0 saturated heterocycles. The zero-order valence-electron chi connectivity index (χ0n) is 10.4. The largest absolute Gasteiger partial charge is 0.507 e. The number of hydrogen-bond acceptors (Lipinski definition) is 2. The number of rotatable bonds is 2. The highest BCUT2D eigenvalue weighted by Gasteiger charge is 2.11. The molecule has 2 aromatic carbocycles. The summed E-state index contributed by atoms with van der Waals surface area (Å²) in [5.74, 6) is -0.312. The first-order chi connectivity index (χ1) is 8.56. The monoisotopic (exact) mass is 241 g/mol. The predicted molar refractivity (Wildman–Crippen MR) is 72.0 cm³/mol. The van der Waals surface area contributed by atoms with Crippen molar-refractivity contribution in [3.05, 3.63) is 59.2 Å². The number of anilines is 1. The average molecular weight is 241 g/mol. The Bertz CT molecular complexity index is 591. The van der Waals surface area contributed by atoms with Gasteiger partial charge in [0.25, 0.3) is 5.91 Å². The van der Waals surface area contributed by atoms with Crippen LogP contribution >= 0.6 is 0 Å². The van der Waals surface area contributed by atoms with Gasteiger partial charge < -0.3 is 10.4 Å². The lowest BCUT2D eigenvalue weighted by Crippen LogP contribution is -2.12. The number of amides is 1. The van der Waals surface area contributed by atoms with E-state index in [9.17, 15) is 9.90 Å². The third kappa shape index (κ3) is 2.69. The molecule has 18 heavy (non-hydrogen) atoms. The lowest BCUT2D eigenvalue weighted by Gasteiger charge is -2.08. The Labute approximate surface area is 106 Å². The molecule has 3 nitrogen and oxygen atoms in total. The molecule has 0 aliphatic carbocycles. The van der Waals surface area contributed by atoms with E-state index in [2.05, 4.69) is 5.32 Å². The molecule has 0 unspecified atom stereocenters. The third-order valence-electron chi connectivity index (χ3n) is 2.67. The quantitative estimate of drug-likeness (QED) is 0.847. The number of carbonyl (C=O) groups excluding carboxylic acids is 1. The summed E-state index contributed by atoms with van der Waals surface area (Å²) >= 11 is 0. The molecule has 0 heterocycles. The first-order valence-electron chi connectivity index (χ1n) is 5.74. The van der Waals surface area contributed by atoms with Crippen molar-refractivity contribution in [2.75, 3.05) is 5.32 Å². The van der Waals surface area contributed by atoms with Gasteiger partial charge in [0, 0.05) is 5.69 Å². The van der Waals surface area contributed by atoms with Crippen LogP contribution in [-0.4, -0.2) is 11.0 Å². The third-order valence-corrected chi connectivity index (χ3v) is 2.67. The van der Waals surface area contributed by atoms with Crippen molar-refractivity contribution in [3.63, 3.8) is 0 Å². The number of aryl methyl sites for hydroxylation is 2. The van der Waals surface area contributed by atoms with Crippen LogP contribution in [0.25, 0.3) is 0 Å². The summed E-state index contributed by atoms with van der Waals surface area (Å²) in [6.07, 6.45) is 0. The van der Waals surface area contributed by atoms with E-state index in [-0.39, 0.29) is 17.2 Å². The SMILES string of the molecule is Cc1cccc(NC(=O)c2cc(C)ccc2O)c1. The molecule has 0 aliphatic heterocycles. The van der Waals surface area contributed by atoms with E-state index in [1.807, 2.05) is 38.1 Å². The normalized spacial score (nSPS) is 10.1. The highest BCUT2D eigenvalue weighted by atomic mass is 16.3. The van der Waals surface area contributed by atoms with Crippen LogP contribution in [0.3, 0.4) is 0 Å². The van der Waals surface area contributed by atoms with Gasteiger partial charge in [0.1, 0.15) is 5.75 Å². The standard InChI is InChI=1S/C15H15NO2/c1-10-4-3-5-12(8-10)16-15(18)13-9-11(2)6-7-14(13)17/h3-9,17H,1-2H3,(H,16,18). The molecule has 3 heteroatoms. The topological polar surface area (TPSA) is 49.3 Å². The maximum atomic E-state index is 12.0. The minimum absolute atomic E-state index is 0.00856. The van der Waals surface area contributed by atoms with Crippen molar-refractivity contribution in [1.82, 2.24) is 0 Å². The minimum Gasteiger partial charge on any atom is -0.507 e. The van der Waals surface area contributed by atoms with Gasteiger partial charge in [0.2, 0.25) is 0 Å². The fraction of sp³-hybridized carbons (Fsp3) is 0.133. The van der Waals surface area contributed by atoms with Gasteiger partial charge in [-0.25, -0.2) is 0 Å². The molecule has 1 amide bonds. The fourth-order valence-corrected chi connectivity index (χ4v) is 1.75. The van der Waals surface area contributed by atoms with E-state index in [0.717, 1.165) is 16.8 Å². The minimum atomic E-state index is -0.304. The lowest BCUT2D eigenvalue weighted by atomic mass is 10.1. The molecule has 0 aromatic heterocycles. The van der Waals surface area contributed by atoms with Crippen molar-refractivity contribution >= 4 is 11.6 Å². The number of hydrogen-bond donors (Lipinski definition) is 2. The molecule has 0 bridgehead atoms. The van der Waals surface area contributed by atoms with Gasteiger partial charge in [0.15, 0.2) is 0 Å². The Morgan fingerprint density at radius 3 is 2.50 bits per heavy atom. The Kier molecular flexibility index (Phi) is 3.33. The molecule has 2 aromatic rings. The van der Waals surface area contributed by atoms with Crippen LogP contribution in [0.1, 0.15) is 21.5 Å². The van der Waals surface area contributed by atoms with Crippen LogP contribution in [0.2, 0.25) is 0 Å². The van der Waals surface area contributed by atoms with Crippen molar-refractivity contribution < 1.29 is 9.90 Å². The molecule has 2 rings (SSSR count). The molecule has 0 aliphatic rings. The number of phenols is 1. The Hall–Kier alpha value is -2.29. The fourth-order valence-electron chi connectivity index (χ4n) is 1.75. The van der Waals surface area contributed by atoms with Gasteiger partial charge >= 0.3 is 0 Å². The van der Waals surface area contributed by atoms with Crippen molar-refractivity contribution in [3.8, 4) is 5.75 Å². The summed E-state index contributed by atoms with van der Waals surface area (Å²) in [5.41, 5.74) is 3.01. The van der Waals surface area contributed by atoms with E-state index in [0.29, 0.717) is 0 Å². The van der Waals surface area contributed by atoms with Crippen molar-refractivity contribution in [1.29, 1.82) is 0 Å². The number of aromatic hydroxyl groups is 1. The van der Waals surface area contributed by atoms with Crippen LogP contribution in [0.4, 0.5) is 5.69 Å². The summed E-state index contributed by atoms with van der Waals surface area (Å²) < 4.78 is 0. The molecule has 0 radical (unpaired) electrons. The summed E-state index contributed by atoms with van der Waals surface area (Å²) in [5, 5.41) is 12.4. The highest BCUT2D eigenvalue weighted by Crippen LogP contribution is 2.20. The van der Waals surface area contributed by atoms with Gasteiger partial charge in [-0.15, -0.1) is 0 Å². The number of phenolic OH excluding ortho intramolecular Hbond substituents is 1. The summed E-state index contributed by atoms with van der Waals surface area (Å²) in [7, 11) is 0. The molecule has 0 atom stereocenters. The molecule has 92 valence electrons. The van der Waals surface area contributed by atoms with Gasteiger partial charge in [-0.05, 0) is 43.7 Å². The molecule has 0 spiro atoms. The molecular weight excluding hydrogens is 226 g/mol. The van der Waals surface area contributed by atoms with Crippen LogP contribution in [-0.2, 0) is 0 Å². The van der Waals surface area contributed by atoms with Crippen LogP contribution < -0.4 is 5.32 Å². The second-order valence-electron chi connectivity index (χ2n) is 4.34. The zero-order chi connectivity index (χ0) is 13.1. The van der Waals surface area contributed by atoms with E-state index in [1.54, 1.807) is 12.1 Å². The summed E-state index contributed by atoms with van der Waals surface area (Å²) in [6, 6.07) is 12.5. The lowest BCUT2D eigenvalue weighted by molar-refractivity contribution is 0.102. The highest BCUT2D eigenvalue weighted by molar-refractivity contribution is 6.06. The van der Waals surface area contributed by atoms with Gasteiger partial charge in [-0.3, -0.25) is 4.79 Å². The summed E-state index contributed by atoms with van der Waals surface area (Å²) in [6.45, 7) is 3.84. The Morgan fingerprint density at radius 1 is 1.06 bits per heavy atom. The number of benzene rings is 2. The molecular formula is C15H15NO2. The molecule has 0 saturated carbocycles. The second kappa shape index (κ2) is 4.92. The number of carbonyl (C=O) groups is 1. The molecule has 0 fully saturated rings. The second-order valence-corrected chi connectivity index (χ2v) is 4.34. The smallest absolute Gasteiger partial charge is 0.259 e. The zero-order valence-corrected chi connectivity index (χ0v) is 10.4. The average Bonchev–Trinajstić information content (AvgIpc) is 2.32. The predicted octanol–water partition coefficient (Wildman–Crippen LogP) is 3.26. The Morgan fingerprint density at radius 2 is 1.78 bits per heavy atom. The Balaban J connectivity index is 2.24. The van der Waals surface area contributed by atoms with Crippen LogP contribution in [0, 0.1) is 13.8 Å². The maximum absolute atomic E-state index is 12.0. The van der Waals surface area contributed by atoms with E-state index in [1.165, 1.54) is 6.07 Å². The van der Waals surface area contributed by atoms with E-state index >= 15 is 0 Å². The first-order valence-corrected chi connectivity index (χ1v) is 5.74. The summed E-state index contributed by atoms with van der Waals surface area (Å²) in [4.78, 5) is 12.0. The van der Waals surface area contributed by atoms with Crippen molar-refractivity contribution in [2.45, 2.75) is 13.8 Å². The first kappa shape index (κ1) is 12.2. The van der Waals surface area contributed by atoms with Gasteiger partial charge in [-0.1, -0.05) is 23.8 Å².